The van der Waals surface area contributed by atoms with Crippen molar-refractivity contribution in [3.05, 3.63) is 21.0 Å². The summed E-state index contributed by atoms with van der Waals surface area (Å²) in [6.45, 7) is 7.06. The van der Waals surface area contributed by atoms with Crippen molar-refractivity contribution in [2.45, 2.75) is 52.6 Å². The summed E-state index contributed by atoms with van der Waals surface area (Å²) >= 11 is 3.40. The summed E-state index contributed by atoms with van der Waals surface area (Å²) in [5.74, 6) is 1.44. The van der Waals surface area contributed by atoms with Crippen molar-refractivity contribution in [1.29, 1.82) is 0 Å². The van der Waals surface area contributed by atoms with Crippen molar-refractivity contribution in [3.63, 3.8) is 0 Å². The normalized spacial score (nSPS) is 26.6. The smallest absolute Gasteiger partial charge is 0.283 e. The highest BCUT2D eigenvalue weighted by molar-refractivity contribution is 9.10. The lowest BCUT2D eigenvalue weighted by molar-refractivity contribution is 0.391. The Kier molecular flexibility index (Phi) is 4.66. The molecule has 1 N–H and O–H groups in total. The van der Waals surface area contributed by atoms with Crippen LogP contribution < -0.4 is 10.9 Å². The molecule has 3 unspecified atom stereocenters. The van der Waals surface area contributed by atoms with Gasteiger partial charge in [0.05, 0.1) is 11.9 Å². The van der Waals surface area contributed by atoms with Crippen LogP contribution in [0.2, 0.25) is 0 Å². The summed E-state index contributed by atoms with van der Waals surface area (Å²) in [6.07, 6.45) is 5.42. The van der Waals surface area contributed by atoms with Gasteiger partial charge in [0.1, 0.15) is 4.47 Å². The topological polar surface area (TPSA) is 46.9 Å². The predicted octanol–water partition coefficient (Wildman–Crippen LogP) is 3.26. The molecule has 0 saturated heterocycles. The number of anilines is 1. The molecule has 0 radical (unpaired) electrons. The largest absolute Gasteiger partial charge is 0.380 e. The Labute approximate surface area is 122 Å². The zero-order valence-electron chi connectivity index (χ0n) is 11.8. The number of rotatable bonds is 4. The summed E-state index contributed by atoms with van der Waals surface area (Å²) < 4.78 is 2.05. The van der Waals surface area contributed by atoms with E-state index in [0.717, 1.165) is 11.6 Å². The quantitative estimate of drug-likeness (QED) is 0.923. The van der Waals surface area contributed by atoms with E-state index in [4.69, 9.17) is 0 Å². The van der Waals surface area contributed by atoms with Gasteiger partial charge in [-0.05, 0) is 47.5 Å². The zero-order valence-corrected chi connectivity index (χ0v) is 13.4. The lowest BCUT2D eigenvalue weighted by Gasteiger charge is -2.22. The second-order valence-corrected chi connectivity index (χ2v) is 6.14. The lowest BCUT2D eigenvalue weighted by Crippen LogP contribution is -2.28. The van der Waals surface area contributed by atoms with Crippen LogP contribution in [0.15, 0.2) is 15.5 Å². The van der Waals surface area contributed by atoms with Crippen LogP contribution in [-0.4, -0.2) is 15.8 Å². The van der Waals surface area contributed by atoms with Gasteiger partial charge < -0.3 is 5.32 Å². The Morgan fingerprint density at radius 3 is 2.79 bits per heavy atom. The molecule has 0 amide bonds. The van der Waals surface area contributed by atoms with Crippen molar-refractivity contribution in [1.82, 2.24) is 9.78 Å². The van der Waals surface area contributed by atoms with Crippen LogP contribution in [-0.2, 0) is 6.54 Å². The highest BCUT2D eigenvalue weighted by atomic mass is 79.9. The third-order valence-corrected chi connectivity index (χ3v) is 5.14. The Bertz CT molecular complexity index is 500. The number of hydrogen-bond donors (Lipinski definition) is 1. The molecular formula is C14H22BrN3O. The fraction of sp³-hybridized carbons (Fsp3) is 0.714. The predicted molar refractivity (Wildman–Crippen MR) is 81.5 cm³/mol. The minimum Gasteiger partial charge on any atom is -0.380 e. The van der Waals surface area contributed by atoms with Crippen LogP contribution in [0, 0.1) is 11.8 Å². The monoisotopic (exact) mass is 327 g/mol. The molecule has 5 heteroatoms. The van der Waals surface area contributed by atoms with E-state index in [9.17, 15) is 4.79 Å². The summed E-state index contributed by atoms with van der Waals surface area (Å²) in [5, 5.41) is 7.67. The molecule has 2 rings (SSSR count). The Morgan fingerprint density at radius 1 is 1.47 bits per heavy atom. The maximum atomic E-state index is 12.0. The highest BCUT2D eigenvalue weighted by Gasteiger charge is 2.31. The van der Waals surface area contributed by atoms with Gasteiger partial charge >= 0.3 is 0 Å². The summed E-state index contributed by atoms with van der Waals surface area (Å²) in [4.78, 5) is 12.0. The van der Waals surface area contributed by atoms with Gasteiger partial charge in [-0.2, -0.15) is 5.10 Å². The SMILES string of the molecule is CCC1CCC(Nc2cnn(CC)c(=O)c2Br)C1C. The Morgan fingerprint density at radius 2 is 2.21 bits per heavy atom. The molecule has 1 fully saturated rings. The number of nitrogens with zero attached hydrogens (tertiary/aromatic N) is 2. The fourth-order valence-corrected chi connectivity index (χ4v) is 3.44. The van der Waals surface area contributed by atoms with Gasteiger partial charge in [-0.3, -0.25) is 4.79 Å². The van der Waals surface area contributed by atoms with E-state index < -0.39 is 0 Å². The van der Waals surface area contributed by atoms with E-state index in [-0.39, 0.29) is 5.56 Å². The van der Waals surface area contributed by atoms with Crippen molar-refractivity contribution >= 4 is 21.6 Å². The number of halogens is 1. The second-order valence-electron chi connectivity index (χ2n) is 5.35. The number of aryl methyl sites for hydroxylation is 1. The van der Waals surface area contributed by atoms with Gasteiger partial charge in [0, 0.05) is 12.6 Å². The molecule has 1 heterocycles. The van der Waals surface area contributed by atoms with E-state index in [1.165, 1.54) is 23.9 Å². The highest BCUT2D eigenvalue weighted by Crippen LogP contribution is 2.36. The molecule has 19 heavy (non-hydrogen) atoms. The molecule has 0 bridgehead atoms. The summed E-state index contributed by atoms with van der Waals surface area (Å²) in [7, 11) is 0. The molecule has 0 aromatic carbocycles. The first-order chi connectivity index (χ1) is 9.08. The molecular weight excluding hydrogens is 306 g/mol. The minimum atomic E-state index is -0.0646. The maximum Gasteiger partial charge on any atom is 0.283 e. The van der Waals surface area contributed by atoms with Crippen LogP contribution in [0.1, 0.15) is 40.0 Å². The van der Waals surface area contributed by atoms with Crippen LogP contribution in [0.4, 0.5) is 5.69 Å². The number of aromatic nitrogens is 2. The second kappa shape index (κ2) is 6.07. The minimum absolute atomic E-state index is 0.0646. The molecule has 1 aromatic rings. The molecule has 4 nitrogen and oxygen atoms in total. The molecule has 3 atom stereocenters. The molecule has 1 saturated carbocycles. The van der Waals surface area contributed by atoms with Crippen molar-refractivity contribution < 1.29 is 0 Å². The first kappa shape index (κ1) is 14.6. The van der Waals surface area contributed by atoms with E-state index >= 15 is 0 Å². The molecule has 0 aliphatic heterocycles. The van der Waals surface area contributed by atoms with E-state index in [1.54, 1.807) is 6.20 Å². The van der Waals surface area contributed by atoms with E-state index in [2.05, 4.69) is 40.2 Å². The number of hydrogen-bond acceptors (Lipinski definition) is 3. The molecule has 1 aliphatic rings. The first-order valence-electron chi connectivity index (χ1n) is 7.10. The van der Waals surface area contributed by atoms with Crippen LogP contribution in [0.3, 0.4) is 0 Å². The van der Waals surface area contributed by atoms with Crippen LogP contribution in [0.25, 0.3) is 0 Å². The Balaban J connectivity index is 2.17. The maximum absolute atomic E-state index is 12.0. The van der Waals surface area contributed by atoms with Crippen molar-refractivity contribution in [2.75, 3.05) is 5.32 Å². The third-order valence-electron chi connectivity index (χ3n) is 4.38. The van der Waals surface area contributed by atoms with E-state index in [0.29, 0.717) is 23.0 Å². The molecule has 1 aliphatic carbocycles. The zero-order chi connectivity index (χ0) is 14.0. The van der Waals surface area contributed by atoms with Gasteiger partial charge in [-0.1, -0.05) is 20.3 Å². The molecule has 106 valence electrons. The van der Waals surface area contributed by atoms with E-state index in [1.807, 2.05) is 6.92 Å². The van der Waals surface area contributed by atoms with Gasteiger partial charge in [0.15, 0.2) is 0 Å². The molecule has 1 aromatic heterocycles. The number of nitrogens with one attached hydrogen (secondary N) is 1. The molecule has 0 spiro atoms. The van der Waals surface area contributed by atoms with Crippen LogP contribution in [0.5, 0.6) is 0 Å². The van der Waals surface area contributed by atoms with Gasteiger partial charge in [0.2, 0.25) is 0 Å². The Hall–Kier alpha value is -0.840. The van der Waals surface area contributed by atoms with Gasteiger partial charge in [-0.15, -0.1) is 0 Å². The summed E-state index contributed by atoms with van der Waals surface area (Å²) in [5.41, 5.74) is 0.758. The first-order valence-corrected chi connectivity index (χ1v) is 7.89. The fourth-order valence-electron chi connectivity index (χ4n) is 3.02. The standard InChI is InChI=1S/C14H22BrN3O/c1-4-10-6-7-11(9(10)3)17-12-8-16-18(5-2)14(19)13(12)15/h8-11,17H,4-7H2,1-3H3. The summed E-state index contributed by atoms with van der Waals surface area (Å²) in [6, 6.07) is 0.444. The van der Waals surface area contributed by atoms with Crippen molar-refractivity contribution in [3.8, 4) is 0 Å². The average molecular weight is 328 g/mol. The van der Waals surface area contributed by atoms with Gasteiger partial charge in [-0.25, -0.2) is 4.68 Å². The third kappa shape index (κ3) is 2.86. The lowest BCUT2D eigenvalue weighted by atomic mass is 9.93. The van der Waals surface area contributed by atoms with Gasteiger partial charge in [0.25, 0.3) is 5.56 Å². The van der Waals surface area contributed by atoms with Crippen molar-refractivity contribution in [2.24, 2.45) is 11.8 Å². The average Bonchev–Trinajstić information content (AvgIpc) is 2.76. The van der Waals surface area contributed by atoms with Crippen LogP contribution >= 0.6 is 15.9 Å².